The first-order chi connectivity index (χ1) is 8.49. The minimum Gasteiger partial charge on any atom is -0.322 e. The maximum absolute atomic E-state index is 12.0. The summed E-state index contributed by atoms with van der Waals surface area (Å²) in [7, 11) is 0. The minimum absolute atomic E-state index is 0.0842. The molecule has 4 nitrogen and oxygen atoms in total. The molecule has 1 atom stereocenters. The van der Waals surface area contributed by atoms with E-state index in [1.807, 2.05) is 37.3 Å². The minimum atomic E-state index is -0.878. The van der Waals surface area contributed by atoms with Gasteiger partial charge in [0.05, 0.1) is 5.66 Å². The molecule has 1 aliphatic rings. The Morgan fingerprint density at radius 1 is 1.28 bits per heavy atom. The third-order valence-corrected chi connectivity index (χ3v) is 3.06. The van der Waals surface area contributed by atoms with E-state index in [4.69, 9.17) is 11.5 Å². The fourth-order valence-electron chi connectivity index (χ4n) is 1.73. The number of anilines is 1. The number of benzene rings is 1. The second-order valence-corrected chi connectivity index (χ2v) is 4.56. The molecule has 1 amide bonds. The van der Waals surface area contributed by atoms with E-state index in [1.54, 1.807) is 18.2 Å². The van der Waals surface area contributed by atoms with Crippen LogP contribution >= 0.6 is 0 Å². The van der Waals surface area contributed by atoms with Gasteiger partial charge in [-0.1, -0.05) is 37.3 Å². The van der Waals surface area contributed by atoms with E-state index >= 15 is 0 Å². The summed E-state index contributed by atoms with van der Waals surface area (Å²) in [5.41, 5.74) is 12.2. The van der Waals surface area contributed by atoms with Crippen LogP contribution in [-0.4, -0.2) is 11.6 Å². The summed E-state index contributed by atoms with van der Waals surface area (Å²) >= 11 is 0. The van der Waals surface area contributed by atoms with Crippen LogP contribution in [-0.2, 0) is 4.79 Å². The largest absolute Gasteiger partial charge is 0.322 e. The molecule has 0 aliphatic heterocycles. The zero-order valence-corrected chi connectivity index (χ0v) is 10.3. The van der Waals surface area contributed by atoms with E-state index in [9.17, 15) is 4.79 Å². The average molecular weight is 243 g/mol. The van der Waals surface area contributed by atoms with Crippen LogP contribution < -0.4 is 16.8 Å². The van der Waals surface area contributed by atoms with Gasteiger partial charge in [0.15, 0.2) is 0 Å². The number of rotatable bonds is 2. The third-order valence-electron chi connectivity index (χ3n) is 3.06. The molecule has 1 aromatic rings. The van der Waals surface area contributed by atoms with Gasteiger partial charge < -0.3 is 16.8 Å². The SMILES string of the molecule is CC1C=C(C(=O)Nc2ccccc2)C=CC1(N)N. The Morgan fingerprint density at radius 2 is 1.94 bits per heavy atom. The van der Waals surface area contributed by atoms with Crippen LogP contribution in [0.3, 0.4) is 0 Å². The summed E-state index contributed by atoms with van der Waals surface area (Å²) in [6.45, 7) is 1.89. The van der Waals surface area contributed by atoms with Crippen molar-refractivity contribution in [3.63, 3.8) is 0 Å². The van der Waals surface area contributed by atoms with Crippen molar-refractivity contribution in [3.05, 3.63) is 54.1 Å². The second kappa shape index (κ2) is 4.76. The molecular weight excluding hydrogens is 226 g/mol. The molecular formula is C14H17N3O. The molecule has 94 valence electrons. The first-order valence-corrected chi connectivity index (χ1v) is 5.84. The molecule has 2 rings (SSSR count). The molecule has 4 heteroatoms. The first-order valence-electron chi connectivity index (χ1n) is 5.84. The Hall–Kier alpha value is -1.91. The molecule has 0 bridgehead atoms. The summed E-state index contributed by atoms with van der Waals surface area (Å²) in [4.78, 5) is 12.0. The fourth-order valence-corrected chi connectivity index (χ4v) is 1.73. The summed E-state index contributed by atoms with van der Waals surface area (Å²) < 4.78 is 0. The van der Waals surface area contributed by atoms with Gasteiger partial charge in [-0.05, 0) is 18.2 Å². The van der Waals surface area contributed by atoms with Crippen LogP contribution in [0, 0.1) is 5.92 Å². The predicted octanol–water partition coefficient (Wildman–Crippen LogP) is 1.37. The van der Waals surface area contributed by atoms with E-state index in [0.29, 0.717) is 5.57 Å². The van der Waals surface area contributed by atoms with Gasteiger partial charge in [-0.2, -0.15) is 0 Å². The monoisotopic (exact) mass is 243 g/mol. The molecule has 0 heterocycles. The quantitative estimate of drug-likeness (QED) is 0.686. The highest BCUT2D eigenvalue weighted by molar-refractivity contribution is 6.06. The molecule has 1 aliphatic carbocycles. The Labute approximate surface area is 106 Å². The number of carbonyl (C=O) groups excluding carboxylic acids is 1. The average Bonchev–Trinajstić information content (AvgIpc) is 2.34. The maximum atomic E-state index is 12.0. The zero-order valence-electron chi connectivity index (χ0n) is 10.3. The highest BCUT2D eigenvalue weighted by Crippen LogP contribution is 2.21. The molecule has 0 saturated heterocycles. The molecule has 0 aromatic heterocycles. The van der Waals surface area contributed by atoms with E-state index in [-0.39, 0.29) is 11.8 Å². The predicted molar refractivity (Wildman–Crippen MR) is 72.6 cm³/mol. The number of carbonyl (C=O) groups is 1. The Bertz CT molecular complexity index is 503. The molecule has 5 N–H and O–H groups in total. The van der Waals surface area contributed by atoms with E-state index in [0.717, 1.165) is 5.69 Å². The van der Waals surface area contributed by atoms with Crippen molar-refractivity contribution in [2.45, 2.75) is 12.6 Å². The smallest absolute Gasteiger partial charge is 0.255 e. The van der Waals surface area contributed by atoms with Crippen LogP contribution in [0.4, 0.5) is 5.69 Å². The van der Waals surface area contributed by atoms with Gasteiger partial charge in [-0.25, -0.2) is 0 Å². The molecule has 0 radical (unpaired) electrons. The van der Waals surface area contributed by atoms with Crippen molar-refractivity contribution in [1.82, 2.24) is 0 Å². The van der Waals surface area contributed by atoms with Crippen molar-refractivity contribution < 1.29 is 4.79 Å². The number of para-hydroxylation sites is 1. The number of amides is 1. The Balaban J connectivity index is 2.10. The lowest BCUT2D eigenvalue weighted by atomic mass is 9.88. The summed E-state index contributed by atoms with van der Waals surface area (Å²) in [5.74, 6) is -0.237. The highest BCUT2D eigenvalue weighted by Gasteiger charge is 2.27. The summed E-state index contributed by atoms with van der Waals surface area (Å²) in [5, 5.41) is 2.82. The standard InChI is InChI=1S/C14H17N3O/c1-10-9-11(7-8-14(10,15)16)13(18)17-12-5-3-2-4-6-12/h2-10H,15-16H2,1H3,(H,17,18). The van der Waals surface area contributed by atoms with Crippen LogP contribution in [0.15, 0.2) is 54.1 Å². The first kappa shape index (κ1) is 12.5. The molecule has 0 saturated carbocycles. The number of hydrogen-bond donors (Lipinski definition) is 3. The molecule has 0 fully saturated rings. The molecule has 0 spiro atoms. The molecule has 1 unspecified atom stereocenters. The van der Waals surface area contributed by atoms with E-state index < -0.39 is 5.66 Å². The van der Waals surface area contributed by atoms with Gasteiger partial charge in [0.2, 0.25) is 0 Å². The van der Waals surface area contributed by atoms with Crippen molar-refractivity contribution in [2.24, 2.45) is 17.4 Å². The van der Waals surface area contributed by atoms with Crippen molar-refractivity contribution in [1.29, 1.82) is 0 Å². The van der Waals surface area contributed by atoms with Crippen LogP contribution in [0.5, 0.6) is 0 Å². The van der Waals surface area contributed by atoms with Gasteiger partial charge in [0.1, 0.15) is 0 Å². The number of nitrogens with one attached hydrogen (secondary N) is 1. The Kier molecular flexibility index (Phi) is 3.32. The summed E-state index contributed by atoms with van der Waals surface area (Å²) in [6.07, 6.45) is 5.12. The normalized spacial score (nSPS) is 21.3. The van der Waals surface area contributed by atoms with Crippen molar-refractivity contribution in [3.8, 4) is 0 Å². The van der Waals surface area contributed by atoms with Crippen LogP contribution in [0.2, 0.25) is 0 Å². The number of hydrogen-bond acceptors (Lipinski definition) is 3. The van der Waals surface area contributed by atoms with Gasteiger partial charge >= 0.3 is 0 Å². The van der Waals surface area contributed by atoms with Gasteiger partial charge in [0, 0.05) is 17.2 Å². The van der Waals surface area contributed by atoms with Crippen LogP contribution in [0.25, 0.3) is 0 Å². The van der Waals surface area contributed by atoms with Crippen molar-refractivity contribution in [2.75, 3.05) is 5.32 Å². The van der Waals surface area contributed by atoms with Gasteiger partial charge in [0.25, 0.3) is 5.91 Å². The zero-order chi connectivity index (χ0) is 13.2. The fraction of sp³-hybridized carbons (Fsp3) is 0.214. The van der Waals surface area contributed by atoms with Crippen molar-refractivity contribution >= 4 is 11.6 Å². The van der Waals surface area contributed by atoms with Gasteiger partial charge in [-0.15, -0.1) is 0 Å². The lowest BCUT2D eigenvalue weighted by Gasteiger charge is -2.29. The summed E-state index contributed by atoms with van der Waals surface area (Å²) in [6, 6.07) is 9.31. The van der Waals surface area contributed by atoms with Crippen LogP contribution in [0.1, 0.15) is 6.92 Å². The topological polar surface area (TPSA) is 81.1 Å². The molecule has 1 aromatic carbocycles. The Morgan fingerprint density at radius 3 is 2.56 bits per heavy atom. The lowest BCUT2D eigenvalue weighted by molar-refractivity contribution is -0.112. The van der Waals surface area contributed by atoms with E-state index in [2.05, 4.69) is 5.32 Å². The molecule has 18 heavy (non-hydrogen) atoms. The van der Waals surface area contributed by atoms with E-state index in [1.165, 1.54) is 0 Å². The third kappa shape index (κ3) is 2.67. The second-order valence-electron chi connectivity index (χ2n) is 4.56. The van der Waals surface area contributed by atoms with Gasteiger partial charge in [-0.3, -0.25) is 4.79 Å². The highest BCUT2D eigenvalue weighted by atomic mass is 16.1. The number of nitrogens with two attached hydrogens (primary N) is 2. The maximum Gasteiger partial charge on any atom is 0.255 e. The lowest BCUT2D eigenvalue weighted by Crippen LogP contribution is -2.53.